The number of rotatable bonds is 19. The predicted molar refractivity (Wildman–Crippen MR) is 175 cm³/mol. The third kappa shape index (κ3) is 9.63. The van der Waals surface area contributed by atoms with Gasteiger partial charge in [0.25, 0.3) is 15.7 Å². The Bertz CT molecular complexity index is 1840. The lowest BCUT2D eigenvalue weighted by molar-refractivity contribution is -0.790. The lowest BCUT2D eigenvalue weighted by Crippen LogP contribution is -2.49. The number of carbonyl (C=O) groups excluding carboxylic acids is 1. The van der Waals surface area contributed by atoms with Gasteiger partial charge in [0.2, 0.25) is 10.0 Å². The van der Waals surface area contributed by atoms with Crippen molar-refractivity contribution in [2.75, 3.05) is 52.5 Å². The van der Waals surface area contributed by atoms with Gasteiger partial charge in [-0.25, -0.2) is 13.4 Å². The van der Waals surface area contributed by atoms with E-state index in [9.17, 15) is 38.2 Å². The summed E-state index contributed by atoms with van der Waals surface area (Å²) in [7, 11) is -2.28. The number of fused-ring (bicyclic) bond motifs is 1. The van der Waals surface area contributed by atoms with Gasteiger partial charge in [0, 0.05) is 46.2 Å². The Kier molecular flexibility index (Phi) is 13.0. The molecule has 21 heteroatoms. The second-order valence-electron chi connectivity index (χ2n) is 11.4. The zero-order valence-corrected chi connectivity index (χ0v) is 28.8. The van der Waals surface area contributed by atoms with Gasteiger partial charge < -0.3 is 24.1 Å². The van der Waals surface area contributed by atoms with Crippen LogP contribution in [0.2, 0.25) is 0 Å². The molecule has 50 heavy (non-hydrogen) atoms. The molecule has 20 nitrogen and oxygen atoms in total. The van der Waals surface area contributed by atoms with Crippen molar-refractivity contribution >= 4 is 27.0 Å². The van der Waals surface area contributed by atoms with Crippen molar-refractivity contribution in [1.29, 1.82) is 0 Å². The summed E-state index contributed by atoms with van der Waals surface area (Å²) in [6, 6.07) is 4.46. The van der Waals surface area contributed by atoms with Gasteiger partial charge in [-0.2, -0.15) is 9.40 Å². The number of H-pyrrole nitrogens is 1. The molecular formula is C29H40N8O12S. The van der Waals surface area contributed by atoms with Crippen molar-refractivity contribution in [3.63, 3.8) is 0 Å². The van der Waals surface area contributed by atoms with Crippen molar-refractivity contribution in [3.05, 3.63) is 54.5 Å². The summed E-state index contributed by atoms with van der Waals surface area (Å²) in [5, 5.41) is 23.2. The zero-order valence-electron chi connectivity index (χ0n) is 27.9. The third-order valence-electron chi connectivity index (χ3n) is 7.90. The Balaban J connectivity index is 1.35. The van der Waals surface area contributed by atoms with Crippen LogP contribution in [-0.4, -0.2) is 112 Å². The van der Waals surface area contributed by atoms with Crippen LogP contribution < -0.4 is 10.3 Å². The second-order valence-corrected chi connectivity index (χ2v) is 13.3. The Morgan fingerprint density at radius 1 is 1.12 bits per heavy atom. The highest BCUT2D eigenvalue weighted by Crippen LogP contribution is 2.32. The lowest BCUT2D eigenvalue weighted by Gasteiger charge is -2.33. The summed E-state index contributed by atoms with van der Waals surface area (Å²) in [6.45, 7) is 4.96. The van der Waals surface area contributed by atoms with Gasteiger partial charge in [-0.05, 0) is 44.4 Å². The Morgan fingerprint density at radius 2 is 1.86 bits per heavy atom. The van der Waals surface area contributed by atoms with Crippen LogP contribution in [0.25, 0.3) is 22.4 Å². The van der Waals surface area contributed by atoms with Crippen LogP contribution in [0.5, 0.6) is 5.75 Å². The molecule has 0 bridgehead atoms. The maximum Gasteiger partial charge on any atom is 0.305 e. The van der Waals surface area contributed by atoms with E-state index in [0.717, 1.165) is 6.42 Å². The number of sulfonamides is 1. The number of esters is 1. The Morgan fingerprint density at radius 3 is 2.52 bits per heavy atom. The molecule has 0 radical (unpaired) electrons. The fourth-order valence-electron chi connectivity index (χ4n) is 5.53. The van der Waals surface area contributed by atoms with Crippen LogP contribution in [0.15, 0.2) is 27.9 Å². The van der Waals surface area contributed by atoms with E-state index in [1.807, 2.05) is 11.8 Å². The number of aryl methyl sites for hydroxylation is 2. The summed E-state index contributed by atoms with van der Waals surface area (Å²) >= 11 is 0. The van der Waals surface area contributed by atoms with E-state index in [0.29, 0.717) is 60.7 Å². The maximum absolute atomic E-state index is 13.8. The Labute approximate surface area is 286 Å². The summed E-state index contributed by atoms with van der Waals surface area (Å²) in [5.74, 6) is -0.0308. The molecule has 4 rings (SSSR count). The van der Waals surface area contributed by atoms with Crippen LogP contribution in [0.1, 0.15) is 45.2 Å². The maximum atomic E-state index is 13.8. The van der Waals surface area contributed by atoms with Crippen molar-refractivity contribution in [1.82, 2.24) is 29.0 Å². The fraction of sp³-hybridized carbons (Fsp3) is 0.586. The first-order valence-corrected chi connectivity index (χ1v) is 17.5. The molecule has 2 aromatic heterocycles. The van der Waals surface area contributed by atoms with Gasteiger partial charge >= 0.3 is 5.97 Å². The average Bonchev–Trinajstić information content (AvgIpc) is 3.38. The lowest BCUT2D eigenvalue weighted by atomic mass is 10.1. The first-order valence-electron chi connectivity index (χ1n) is 16.0. The molecule has 1 aliphatic heterocycles. The second kappa shape index (κ2) is 17.2. The summed E-state index contributed by atoms with van der Waals surface area (Å²) in [5.41, 5.74) is 1.36. The van der Waals surface area contributed by atoms with Gasteiger partial charge in [-0.1, -0.05) is 13.3 Å². The smallest absolute Gasteiger partial charge is 0.305 e. The van der Waals surface area contributed by atoms with Gasteiger partial charge in [0.15, 0.2) is 5.52 Å². The molecule has 1 aliphatic rings. The highest BCUT2D eigenvalue weighted by Gasteiger charge is 2.30. The van der Waals surface area contributed by atoms with Crippen LogP contribution >= 0.6 is 0 Å². The number of hydrogen-bond acceptors (Lipinski definition) is 15. The third-order valence-corrected chi connectivity index (χ3v) is 9.80. The molecular weight excluding hydrogens is 684 g/mol. The minimum atomic E-state index is -3.95. The summed E-state index contributed by atoms with van der Waals surface area (Å²) in [6.07, 6.45) is 0.193. The molecule has 1 saturated heterocycles. The van der Waals surface area contributed by atoms with Crippen molar-refractivity contribution in [3.8, 4) is 17.1 Å². The number of benzene rings is 1. The van der Waals surface area contributed by atoms with Gasteiger partial charge in [-0.15, -0.1) is 20.2 Å². The van der Waals surface area contributed by atoms with Crippen molar-refractivity contribution in [2.45, 2.75) is 57.0 Å². The first kappa shape index (κ1) is 37.9. The predicted octanol–water partition coefficient (Wildman–Crippen LogP) is 1.48. The van der Waals surface area contributed by atoms with E-state index in [4.69, 9.17) is 14.5 Å². The minimum absolute atomic E-state index is 0.0110. The average molecular weight is 725 g/mol. The molecule has 1 fully saturated rings. The highest BCUT2D eigenvalue weighted by molar-refractivity contribution is 7.89. The summed E-state index contributed by atoms with van der Waals surface area (Å²) < 4.78 is 41.4. The molecule has 0 amide bonds. The molecule has 1 aromatic carbocycles. The van der Waals surface area contributed by atoms with Crippen LogP contribution in [0.4, 0.5) is 0 Å². The number of nitrogens with zero attached hydrogens (tertiary/aromatic N) is 7. The minimum Gasteiger partial charge on any atom is -0.493 e. The van der Waals surface area contributed by atoms with Gasteiger partial charge in [-0.3, -0.25) is 19.2 Å². The number of aromatic amines is 1. The monoisotopic (exact) mass is 724 g/mol. The molecule has 274 valence electrons. The summed E-state index contributed by atoms with van der Waals surface area (Å²) in [4.78, 5) is 64.0. The van der Waals surface area contributed by atoms with Crippen LogP contribution in [-0.2, 0) is 42.7 Å². The van der Waals surface area contributed by atoms with Gasteiger partial charge in [0.1, 0.15) is 36.4 Å². The number of aromatic nitrogens is 4. The molecule has 1 atom stereocenters. The number of carbonyl (C=O) groups is 1. The molecule has 0 unspecified atom stereocenters. The number of nitrogens with one attached hydrogen (secondary N) is 1. The van der Waals surface area contributed by atoms with Crippen molar-refractivity contribution in [2.24, 2.45) is 7.05 Å². The zero-order chi connectivity index (χ0) is 36.4. The molecule has 0 saturated carbocycles. The number of ether oxygens (including phenoxy) is 2. The van der Waals surface area contributed by atoms with Crippen LogP contribution in [0, 0.1) is 20.2 Å². The largest absolute Gasteiger partial charge is 0.493 e. The Hall–Kier alpha value is -4.89. The first-order chi connectivity index (χ1) is 23.8. The normalized spacial score (nSPS) is 14.7. The number of hydrogen-bond donors (Lipinski definition) is 1. The quantitative estimate of drug-likeness (QED) is 0.105. The highest BCUT2D eigenvalue weighted by atomic mass is 32.2. The SMILES string of the molecule is CCCc1nn(C)c2c(=O)[nH]c(-c3cc(S(=O)(=O)N4CCN(CCOC(=O)CCC[C@@H](CO[N+](=O)[O-])O[N+](=O)[O-])CC4)ccc3OCC)nc12. The van der Waals surface area contributed by atoms with E-state index in [1.54, 1.807) is 20.0 Å². The topological polar surface area (TPSA) is 244 Å². The van der Waals surface area contributed by atoms with Gasteiger partial charge in [0.05, 0.1) is 22.8 Å². The molecule has 0 spiro atoms. The van der Waals surface area contributed by atoms with E-state index in [1.165, 1.54) is 21.1 Å². The molecule has 3 aromatic rings. The fourth-order valence-corrected chi connectivity index (χ4v) is 6.97. The van der Waals surface area contributed by atoms with E-state index < -0.39 is 44.4 Å². The van der Waals surface area contributed by atoms with Crippen molar-refractivity contribution < 1.29 is 42.5 Å². The van der Waals surface area contributed by atoms with E-state index in [2.05, 4.69) is 19.8 Å². The number of piperazine rings is 1. The molecule has 1 N–H and O–H groups in total. The van der Waals surface area contributed by atoms with Crippen LogP contribution in [0.3, 0.4) is 0 Å². The van der Waals surface area contributed by atoms with E-state index in [-0.39, 0.29) is 49.7 Å². The standard InChI is InChI=1S/C29H40N8O12S/c1-4-7-23-26-27(33(3)32-23)29(39)31-28(30-26)22-18-21(10-11-24(22)46-5-2)50(44,45)35-14-12-34(13-15-35)16-17-47-25(38)9-6-8-20(49-37(42)43)19-48-36(40)41/h10-11,18,20H,4-9,12-17,19H2,1-3H3,(H,30,31,39)/t20-/m0/s1. The molecule has 3 heterocycles. The van der Waals surface area contributed by atoms with E-state index >= 15 is 0 Å². The molecule has 0 aliphatic carbocycles.